The van der Waals surface area contributed by atoms with Gasteiger partial charge in [-0.2, -0.15) is 0 Å². The largest absolute Gasteiger partial charge is 0.494 e. The number of rotatable bonds is 5. The molecule has 1 aromatic heterocycles. The monoisotopic (exact) mass is 277 g/mol. The molecule has 0 aliphatic rings. The first-order chi connectivity index (χ1) is 9.65. The third-order valence-electron chi connectivity index (χ3n) is 2.98. The van der Waals surface area contributed by atoms with Gasteiger partial charge in [-0.1, -0.05) is 6.92 Å². The minimum absolute atomic E-state index is 0.111. The van der Waals surface area contributed by atoms with Gasteiger partial charge in [0.2, 0.25) is 0 Å². The molecule has 1 unspecified atom stereocenters. The van der Waals surface area contributed by atoms with Crippen LogP contribution in [-0.2, 0) is 0 Å². The second-order valence-corrected chi connectivity index (χ2v) is 4.26. The van der Waals surface area contributed by atoms with Crippen molar-refractivity contribution in [2.45, 2.75) is 19.4 Å². The fraction of sp³-hybridized carbons (Fsp3) is 0.286. The lowest BCUT2D eigenvalue weighted by Crippen LogP contribution is -2.29. The average Bonchev–Trinajstić information content (AvgIpc) is 2.98. The summed E-state index contributed by atoms with van der Waals surface area (Å²) in [7, 11) is 1.38. The molecule has 106 valence electrons. The molecule has 2 N–H and O–H groups in total. The Labute approximate surface area is 116 Å². The van der Waals surface area contributed by atoms with E-state index in [0.717, 1.165) is 6.07 Å². The molecule has 1 aromatic carbocycles. The summed E-state index contributed by atoms with van der Waals surface area (Å²) in [5.41, 5.74) is 0.244. The minimum Gasteiger partial charge on any atom is -0.494 e. The molecule has 6 heteroatoms. The number of ether oxygens (including phenoxy) is 1. The van der Waals surface area contributed by atoms with E-state index >= 15 is 0 Å². The van der Waals surface area contributed by atoms with Crippen LogP contribution in [0.25, 0.3) is 0 Å². The van der Waals surface area contributed by atoms with Gasteiger partial charge >= 0.3 is 0 Å². The number of imidazole rings is 1. The lowest BCUT2D eigenvalue weighted by atomic mass is 10.1. The molecule has 0 bridgehead atoms. The van der Waals surface area contributed by atoms with Gasteiger partial charge in [0.25, 0.3) is 5.91 Å². The number of carbonyl (C=O) groups excluding carboxylic acids is 1. The quantitative estimate of drug-likeness (QED) is 0.882. The third-order valence-corrected chi connectivity index (χ3v) is 2.98. The van der Waals surface area contributed by atoms with E-state index in [-0.39, 0.29) is 23.3 Å². The molecular formula is C14H16FN3O2. The van der Waals surface area contributed by atoms with Crippen molar-refractivity contribution < 1.29 is 13.9 Å². The molecule has 2 aromatic rings. The van der Waals surface area contributed by atoms with Gasteiger partial charge in [-0.25, -0.2) is 9.37 Å². The number of amides is 1. The van der Waals surface area contributed by atoms with Crippen molar-refractivity contribution in [3.63, 3.8) is 0 Å². The second-order valence-electron chi connectivity index (χ2n) is 4.26. The Bertz CT molecular complexity index is 584. The SMILES string of the molecule is CCC(NC(=O)c1ccc(OC)c(F)c1)c1ncc[nH]1. The van der Waals surface area contributed by atoms with Crippen molar-refractivity contribution in [2.24, 2.45) is 0 Å². The maximum atomic E-state index is 13.6. The van der Waals surface area contributed by atoms with E-state index < -0.39 is 5.82 Å². The summed E-state index contributed by atoms with van der Waals surface area (Å²) in [5.74, 6) is -0.129. The summed E-state index contributed by atoms with van der Waals surface area (Å²) in [6.07, 6.45) is 3.99. The number of aromatic nitrogens is 2. The molecule has 0 spiro atoms. The smallest absolute Gasteiger partial charge is 0.251 e. The van der Waals surface area contributed by atoms with E-state index in [4.69, 9.17) is 4.74 Å². The number of methoxy groups -OCH3 is 1. The molecule has 1 heterocycles. The molecule has 0 saturated heterocycles. The van der Waals surface area contributed by atoms with E-state index in [1.165, 1.54) is 19.2 Å². The minimum atomic E-state index is -0.564. The molecular weight excluding hydrogens is 261 g/mol. The van der Waals surface area contributed by atoms with Gasteiger partial charge in [-0.15, -0.1) is 0 Å². The fourth-order valence-corrected chi connectivity index (χ4v) is 1.88. The molecule has 0 fully saturated rings. The van der Waals surface area contributed by atoms with Crippen molar-refractivity contribution in [3.8, 4) is 5.75 Å². The lowest BCUT2D eigenvalue weighted by molar-refractivity contribution is 0.0933. The van der Waals surface area contributed by atoms with Crippen LogP contribution in [0.1, 0.15) is 35.6 Å². The third kappa shape index (κ3) is 2.96. The van der Waals surface area contributed by atoms with E-state index in [1.54, 1.807) is 12.4 Å². The lowest BCUT2D eigenvalue weighted by Gasteiger charge is -2.15. The molecule has 0 radical (unpaired) electrons. The zero-order chi connectivity index (χ0) is 14.5. The number of hydrogen-bond donors (Lipinski definition) is 2. The van der Waals surface area contributed by atoms with Crippen LogP contribution < -0.4 is 10.1 Å². The van der Waals surface area contributed by atoms with Crippen molar-refractivity contribution in [3.05, 3.63) is 47.8 Å². The van der Waals surface area contributed by atoms with Crippen LogP contribution in [0.15, 0.2) is 30.6 Å². The van der Waals surface area contributed by atoms with Crippen LogP contribution in [0, 0.1) is 5.82 Å². The van der Waals surface area contributed by atoms with Crippen molar-refractivity contribution in [2.75, 3.05) is 7.11 Å². The zero-order valence-corrected chi connectivity index (χ0v) is 11.3. The number of nitrogens with zero attached hydrogens (tertiary/aromatic N) is 1. The van der Waals surface area contributed by atoms with Gasteiger partial charge < -0.3 is 15.0 Å². The van der Waals surface area contributed by atoms with E-state index in [9.17, 15) is 9.18 Å². The van der Waals surface area contributed by atoms with Crippen molar-refractivity contribution in [1.82, 2.24) is 15.3 Å². The predicted molar refractivity (Wildman–Crippen MR) is 72.0 cm³/mol. The van der Waals surface area contributed by atoms with E-state index in [1.807, 2.05) is 6.92 Å². The normalized spacial score (nSPS) is 11.9. The van der Waals surface area contributed by atoms with Gasteiger partial charge in [0.15, 0.2) is 11.6 Å². The summed E-state index contributed by atoms with van der Waals surface area (Å²) in [6.45, 7) is 1.93. The maximum Gasteiger partial charge on any atom is 0.251 e. The standard InChI is InChI=1S/C14H16FN3O2/c1-3-11(13-16-6-7-17-13)18-14(19)9-4-5-12(20-2)10(15)8-9/h4-8,11H,3H2,1-2H3,(H,16,17)(H,18,19). The number of carbonyl (C=O) groups is 1. The van der Waals surface area contributed by atoms with Crippen LogP contribution in [0.4, 0.5) is 4.39 Å². The van der Waals surface area contributed by atoms with Gasteiger partial charge in [-0.05, 0) is 24.6 Å². The highest BCUT2D eigenvalue weighted by Crippen LogP contribution is 2.19. The van der Waals surface area contributed by atoms with Crippen molar-refractivity contribution >= 4 is 5.91 Å². The highest BCUT2D eigenvalue weighted by molar-refractivity contribution is 5.94. The Balaban J connectivity index is 2.13. The van der Waals surface area contributed by atoms with Crippen LogP contribution in [0.5, 0.6) is 5.75 Å². The molecule has 0 saturated carbocycles. The number of H-pyrrole nitrogens is 1. The van der Waals surface area contributed by atoms with Gasteiger partial charge in [-0.3, -0.25) is 4.79 Å². The Morgan fingerprint density at radius 1 is 1.55 bits per heavy atom. The van der Waals surface area contributed by atoms with E-state index in [0.29, 0.717) is 12.2 Å². The second kappa shape index (κ2) is 6.18. The van der Waals surface area contributed by atoms with Crippen molar-refractivity contribution in [1.29, 1.82) is 0 Å². The fourth-order valence-electron chi connectivity index (χ4n) is 1.88. The molecule has 0 aliphatic heterocycles. The number of halogens is 1. The number of nitrogens with one attached hydrogen (secondary N) is 2. The van der Waals surface area contributed by atoms with Gasteiger partial charge in [0.1, 0.15) is 5.82 Å². The first-order valence-electron chi connectivity index (χ1n) is 6.29. The molecule has 1 amide bonds. The topological polar surface area (TPSA) is 67.0 Å². The molecule has 2 rings (SSSR count). The van der Waals surface area contributed by atoms with Gasteiger partial charge in [0.05, 0.1) is 13.2 Å². The number of hydrogen-bond acceptors (Lipinski definition) is 3. The van der Waals surface area contributed by atoms with Gasteiger partial charge in [0, 0.05) is 18.0 Å². The Hall–Kier alpha value is -2.37. The Morgan fingerprint density at radius 2 is 2.35 bits per heavy atom. The highest BCUT2D eigenvalue weighted by atomic mass is 19.1. The summed E-state index contributed by atoms with van der Waals surface area (Å²) in [5, 5.41) is 2.81. The molecule has 0 aliphatic carbocycles. The molecule has 5 nitrogen and oxygen atoms in total. The van der Waals surface area contributed by atoms with Crippen LogP contribution in [-0.4, -0.2) is 23.0 Å². The predicted octanol–water partition coefficient (Wildman–Crippen LogP) is 2.44. The maximum absolute atomic E-state index is 13.6. The zero-order valence-electron chi connectivity index (χ0n) is 11.3. The number of aromatic amines is 1. The Kier molecular flexibility index (Phi) is 4.34. The molecule has 1 atom stereocenters. The van der Waals surface area contributed by atoms with Crippen LogP contribution >= 0.6 is 0 Å². The summed E-state index contributed by atoms with van der Waals surface area (Å²) in [4.78, 5) is 19.2. The summed E-state index contributed by atoms with van der Waals surface area (Å²) in [6, 6.07) is 3.87. The molecule has 20 heavy (non-hydrogen) atoms. The average molecular weight is 277 g/mol. The first kappa shape index (κ1) is 14.0. The van der Waals surface area contributed by atoms with Crippen LogP contribution in [0.2, 0.25) is 0 Å². The van der Waals surface area contributed by atoms with Crippen LogP contribution in [0.3, 0.4) is 0 Å². The first-order valence-corrected chi connectivity index (χ1v) is 6.29. The Morgan fingerprint density at radius 3 is 2.90 bits per heavy atom. The number of benzene rings is 1. The summed E-state index contributed by atoms with van der Waals surface area (Å²) < 4.78 is 18.4. The highest BCUT2D eigenvalue weighted by Gasteiger charge is 2.17. The van der Waals surface area contributed by atoms with E-state index in [2.05, 4.69) is 15.3 Å². The summed E-state index contributed by atoms with van der Waals surface area (Å²) >= 11 is 0.